The average Bonchev–Trinajstić information content (AvgIpc) is 2.57. The van der Waals surface area contributed by atoms with Crippen molar-refractivity contribution in [2.45, 2.75) is 13.3 Å². The van der Waals surface area contributed by atoms with Crippen molar-refractivity contribution < 1.29 is 23.8 Å². The van der Waals surface area contributed by atoms with Gasteiger partial charge in [-0.25, -0.2) is 0 Å². The molecule has 0 atom stereocenters. The molecule has 0 amide bonds. The van der Waals surface area contributed by atoms with Gasteiger partial charge in [0.05, 0.1) is 25.7 Å². The Bertz CT molecular complexity index is 676. The van der Waals surface area contributed by atoms with E-state index in [4.69, 9.17) is 14.2 Å². The normalized spacial score (nSPS) is 10.0. The minimum absolute atomic E-state index is 0.0861. The third kappa shape index (κ3) is 4.32. The highest BCUT2D eigenvalue weighted by molar-refractivity contribution is 5.85. The van der Waals surface area contributed by atoms with Crippen molar-refractivity contribution in [3.05, 3.63) is 53.6 Å². The predicted octanol–water partition coefficient (Wildman–Crippen LogP) is 3.05. The molecule has 2 rings (SSSR count). The molecule has 0 unspecified atom stereocenters. The third-order valence-electron chi connectivity index (χ3n) is 3.15. The highest BCUT2D eigenvalue weighted by atomic mass is 16.6. The maximum atomic E-state index is 12.1. The number of benzene rings is 2. The molecule has 0 aromatic heterocycles. The summed E-state index contributed by atoms with van der Waals surface area (Å²) in [5.41, 5.74) is 1.06. The monoisotopic (exact) mass is 314 g/mol. The predicted molar refractivity (Wildman–Crippen MR) is 85.3 cm³/mol. The quantitative estimate of drug-likeness (QED) is 0.446. The number of esters is 1. The lowest BCUT2D eigenvalue weighted by molar-refractivity contribution is -0.133. The Morgan fingerprint density at radius 1 is 1.13 bits per heavy atom. The highest BCUT2D eigenvalue weighted by Crippen LogP contribution is 2.30. The molecule has 0 saturated heterocycles. The van der Waals surface area contributed by atoms with Gasteiger partial charge in [0.2, 0.25) is 0 Å². The summed E-state index contributed by atoms with van der Waals surface area (Å²) >= 11 is 0. The fourth-order valence-corrected chi connectivity index (χ4v) is 2.08. The fourth-order valence-electron chi connectivity index (χ4n) is 2.08. The number of methoxy groups -OCH3 is 1. The molecule has 0 heterocycles. The van der Waals surface area contributed by atoms with Gasteiger partial charge in [-0.2, -0.15) is 0 Å². The number of rotatable bonds is 7. The van der Waals surface area contributed by atoms with E-state index in [1.54, 1.807) is 42.5 Å². The molecule has 5 heteroatoms. The van der Waals surface area contributed by atoms with Gasteiger partial charge in [0.1, 0.15) is 5.75 Å². The van der Waals surface area contributed by atoms with Crippen LogP contribution in [-0.4, -0.2) is 26.0 Å². The molecular formula is C18H18O5. The maximum absolute atomic E-state index is 12.1. The van der Waals surface area contributed by atoms with Crippen LogP contribution >= 0.6 is 0 Å². The number of para-hydroxylation sites is 1. The van der Waals surface area contributed by atoms with Crippen molar-refractivity contribution in [2.75, 3.05) is 13.7 Å². The van der Waals surface area contributed by atoms with E-state index >= 15 is 0 Å². The first-order valence-electron chi connectivity index (χ1n) is 7.22. The van der Waals surface area contributed by atoms with Crippen LogP contribution in [-0.2, 0) is 11.2 Å². The molecule has 0 aliphatic heterocycles. The van der Waals surface area contributed by atoms with Gasteiger partial charge in [0.25, 0.3) is 0 Å². The molecule has 0 fully saturated rings. The molecule has 0 aliphatic carbocycles. The van der Waals surface area contributed by atoms with Crippen LogP contribution in [0.2, 0.25) is 0 Å². The number of ether oxygens (including phenoxy) is 3. The zero-order valence-electron chi connectivity index (χ0n) is 13.1. The van der Waals surface area contributed by atoms with Crippen molar-refractivity contribution in [1.29, 1.82) is 0 Å². The SMILES string of the molecule is CCOc1ccc(CC(=O)Oc2c(C=O)cccc2OC)cc1. The largest absolute Gasteiger partial charge is 0.494 e. The summed E-state index contributed by atoms with van der Waals surface area (Å²) in [6, 6.07) is 12.1. The van der Waals surface area contributed by atoms with Crippen LogP contribution in [0.25, 0.3) is 0 Å². The maximum Gasteiger partial charge on any atom is 0.315 e. The Balaban J connectivity index is 2.09. The summed E-state index contributed by atoms with van der Waals surface area (Å²) in [6.45, 7) is 2.49. The number of carbonyl (C=O) groups is 2. The second kappa shape index (κ2) is 7.98. The molecule has 120 valence electrons. The summed E-state index contributed by atoms with van der Waals surface area (Å²) in [6.07, 6.45) is 0.713. The van der Waals surface area contributed by atoms with E-state index in [9.17, 15) is 9.59 Å². The minimum atomic E-state index is -0.471. The van der Waals surface area contributed by atoms with Crippen molar-refractivity contribution in [3.63, 3.8) is 0 Å². The molecule has 5 nitrogen and oxygen atoms in total. The van der Waals surface area contributed by atoms with Gasteiger partial charge in [0, 0.05) is 0 Å². The van der Waals surface area contributed by atoms with Crippen molar-refractivity contribution in [3.8, 4) is 17.2 Å². The number of hydrogen-bond acceptors (Lipinski definition) is 5. The zero-order valence-corrected chi connectivity index (χ0v) is 13.1. The van der Waals surface area contributed by atoms with Crippen LogP contribution in [0.1, 0.15) is 22.8 Å². The molecule has 0 bridgehead atoms. The van der Waals surface area contributed by atoms with Crippen LogP contribution in [0.15, 0.2) is 42.5 Å². The first-order valence-corrected chi connectivity index (χ1v) is 7.22. The van der Waals surface area contributed by atoms with Crippen molar-refractivity contribution in [1.82, 2.24) is 0 Å². The van der Waals surface area contributed by atoms with E-state index in [1.807, 2.05) is 6.92 Å². The summed E-state index contributed by atoms with van der Waals surface area (Å²) in [7, 11) is 1.45. The summed E-state index contributed by atoms with van der Waals surface area (Å²) in [4.78, 5) is 23.2. The van der Waals surface area contributed by atoms with Crippen LogP contribution in [0, 0.1) is 0 Å². The van der Waals surface area contributed by atoms with E-state index in [2.05, 4.69) is 0 Å². The minimum Gasteiger partial charge on any atom is -0.494 e. The zero-order chi connectivity index (χ0) is 16.7. The first-order chi connectivity index (χ1) is 11.2. The van der Waals surface area contributed by atoms with Gasteiger partial charge < -0.3 is 14.2 Å². The Kier molecular flexibility index (Phi) is 5.74. The lowest BCUT2D eigenvalue weighted by Gasteiger charge is -2.11. The van der Waals surface area contributed by atoms with Crippen LogP contribution in [0.3, 0.4) is 0 Å². The Labute approximate surface area is 134 Å². The topological polar surface area (TPSA) is 61.8 Å². The lowest BCUT2D eigenvalue weighted by Crippen LogP contribution is -2.13. The second-order valence-electron chi connectivity index (χ2n) is 4.72. The Morgan fingerprint density at radius 3 is 2.48 bits per heavy atom. The van der Waals surface area contributed by atoms with Crippen molar-refractivity contribution in [2.24, 2.45) is 0 Å². The first kappa shape index (κ1) is 16.5. The number of carbonyl (C=O) groups excluding carboxylic acids is 2. The highest BCUT2D eigenvalue weighted by Gasteiger charge is 2.15. The van der Waals surface area contributed by atoms with E-state index in [1.165, 1.54) is 7.11 Å². The summed E-state index contributed by atoms with van der Waals surface area (Å²) in [5, 5.41) is 0. The number of hydrogen-bond donors (Lipinski definition) is 0. The second-order valence-corrected chi connectivity index (χ2v) is 4.72. The molecule has 0 aliphatic rings. The van der Waals surface area contributed by atoms with Gasteiger partial charge in [-0.1, -0.05) is 18.2 Å². The molecule has 2 aromatic carbocycles. The van der Waals surface area contributed by atoms with Gasteiger partial charge >= 0.3 is 5.97 Å². The lowest BCUT2D eigenvalue weighted by atomic mass is 10.1. The molecule has 0 saturated carbocycles. The van der Waals surface area contributed by atoms with Crippen LogP contribution < -0.4 is 14.2 Å². The van der Waals surface area contributed by atoms with Gasteiger partial charge in [0.15, 0.2) is 17.8 Å². The molecule has 0 radical (unpaired) electrons. The smallest absolute Gasteiger partial charge is 0.315 e. The third-order valence-corrected chi connectivity index (χ3v) is 3.15. The standard InChI is InChI=1S/C18H18O5/c1-3-22-15-9-7-13(8-10-15)11-17(20)23-18-14(12-19)5-4-6-16(18)21-2/h4-10,12H,3,11H2,1-2H3. The fraction of sp³-hybridized carbons (Fsp3) is 0.222. The molecular weight excluding hydrogens is 296 g/mol. The Hall–Kier alpha value is -2.82. The summed E-state index contributed by atoms with van der Waals surface area (Å²) in [5.74, 6) is 0.759. The van der Waals surface area contributed by atoms with E-state index in [0.717, 1.165) is 11.3 Å². The van der Waals surface area contributed by atoms with Gasteiger partial charge in [-0.3, -0.25) is 9.59 Å². The average molecular weight is 314 g/mol. The van der Waals surface area contributed by atoms with Crippen LogP contribution in [0.4, 0.5) is 0 Å². The molecule has 0 spiro atoms. The van der Waals surface area contributed by atoms with Crippen LogP contribution in [0.5, 0.6) is 17.2 Å². The van der Waals surface area contributed by atoms with Crippen molar-refractivity contribution >= 4 is 12.3 Å². The van der Waals surface area contributed by atoms with E-state index < -0.39 is 5.97 Å². The molecule has 0 N–H and O–H groups in total. The van der Waals surface area contributed by atoms with Gasteiger partial charge in [-0.05, 0) is 36.8 Å². The molecule has 23 heavy (non-hydrogen) atoms. The molecule has 2 aromatic rings. The van der Waals surface area contributed by atoms with E-state index in [0.29, 0.717) is 18.6 Å². The van der Waals surface area contributed by atoms with Gasteiger partial charge in [-0.15, -0.1) is 0 Å². The Morgan fingerprint density at radius 2 is 1.87 bits per heavy atom. The number of aldehydes is 1. The summed E-state index contributed by atoms with van der Waals surface area (Å²) < 4.78 is 15.8. The van der Waals surface area contributed by atoms with E-state index in [-0.39, 0.29) is 17.7 Å².